The predicted octanol–water partition coefficient (Wildman–Crippen LogP) is 4.37. The molecule has 5 nitrogen and oxygen atoms in total. The van der Waals surface area contributed by atoms with Crippen LogP contribution < -0.4 is 10.1 Å². The largest absolute Gasteiger partial charge is 0.492 e. The molecule has 3 rings (SSSR count). The van der Waals surface area contributed by atoms with E-state index in [1.54, 1.807) is 31.2 Å². The Balaban J connectivity index is 1.73. The maximum Gasteiger partial charge on any atom is 0.230 e. The normalized spacial score (nSPS) is 10.6. The summed E-state index contributed by atoms with van der Waals surface area (Å²) >= 11 is 0. The minimum atomic E-state index is -0.329. The van der Waals surface area contributed by atoms with Gasteiger partial charge in [-0.1, -0.05) is 12.1 Å². The molecule has 1 N–H and O–H groups in total. The van der Waals surface area contributed by atoms with Gasteiger partial charge in [-0.15, -0.1) is 0 Å². The van der Waals surface area contributed by atoms with E-state index >= 15 is 0 Å². The number of aryl methyl sites for hydroxylation is 1. The summed E-state index contributed by atoms with van der Waals surface area (Å²) in [4.78, 5) is 16.8. The molecule has 26 heavy (non-hydrogen) atoms. The van der Waals surface area contributed by atoms with E-state index in [0.29, 0.717) is 41.0 Å². The average Bonchev–Trinajstić information content (AvgIpc) is 2.98. The van der Waals surface area contributed by atoms with Gasteiger partial charge in [0.15, 0.2) is 0 Å². The molecule has 0 saturated carbocycles. The molecule has 0 radical (unpaired) electrons. The first-order valence-electron chi connectivity index (χ1n) is 8.30. The molecular weight excluding hydrogens is 335 g/mol. The second-order valence-electron chi connectivity index (χ2n) is 5.68. The Morgan fingerprint density at radius 2 is 1.92 bits per heavy atom. The number of carbonyl (C=O) groups excluding carboxylic acids is 1. The van der Waals surface area contributed by atoms with Gasteiger partial charge in [0, 0.05) is 5.56 Å². The highest BCUT2D eigenvalue weighted by molar-refractivity contribution is 5.93. The molecule has 0 unspecified atom stereocenters. The van der Waals surface area contributed by atoms with E-state index in [4.69, 9.17) is 9.15 Å². The molecule has 0 aliphatic heterocycles. The number of hydrogen-bond donors (Lipinski definition) is 1. The minimum absolute atomic E-state index is 0.0665. The number of amides is 1. The van der Waals surface area contributed by atoms with Crippen molar-refractivity contribution in [1.82, 2.24) is 4.98 Å². The summed E-state index contributed by atoms with van der Waals surface area (Å²) in [5.74, 6) is 0.980. The average molecular weight is 354 g/mol. The summed E-state index contributed by atoms with van der Waals surface area (Å²) in [7, 11) is 0. The number of rotatable bonds is 6. The van der Waals surface area contributed by atoms with Gasteiger partial charge in [-0.2, -0.15) is 0 Å². The van der Waals surface area contributed by atoms with Crippen LogP contribution in [0.15, 0.2) is 52.9 Å². The van der Waals surface area contributed by atoms with Crippen molar-refractivity contribution in [1.29, 1.82) is 0 Å². The summed E-state index contributed by atoms with van der Waals surface area (Å²) in [5.41, 5.74) is 1.80. The Hall–Kier alpha value is -3.15. The number of para-hydroxylation sites is 2. The lowest BCUT2D eigenvalue weighted by Crippen LogP contribution is -2.16. The highest BCUT2D eigenvalue weighted by atomic mass is 19.1. The number of hydrogen-bond acceptors (Lipinski definition) is 4. The third-order valence-electron chi connectivity index (χ3n) is 3.77. The maximum atomic E-state index is 13.0. The number of nitrogens with one attached hydrogen (secondary N) is 1. The number of aromatic nitrogens is 1. The number of oxazole rings is 1. The van der Waals surface area contributed by atoms with E-state index in [0.717, 1.165) is 0 Å². The van der Waals surface area contributed by atoms with E-state index in [9.17, 15) is 9.18 Å². The first-order valence-corrected chi connectivity index (χ1v) is 8.30. The van der Waals surface area contributed by atoms with Crippen molar-refractivity contribution in [3.05, 3.63) is 65.8 Å². The molecule has 3 aromatic rings. The lowest BCUT2D eigenvalue weighted by molar-refractivity contribution is -0.115. The molecule has 0 atom stereocenters. The summed E-state index contributed by atoms with van der Waals surface area (Å²) in [6.45, 7) is 4.14. The summed E-state index contributed by atoms with van der Waals surface area (Å²) in [5, 5.41) is 2.83. The quantitative estimate of drug-likeness (QED) is 0.714. The number of nitrogens with zero attached hydrogens (tertiary/aromatic N) is 1. The van der Waals surface area contributed by atoms with Gasteiger partial charge >= 0.3 is 0 Å². The van der Waals surface area contributed by atoms with Gasteiger partial charge in [-0.05, 0) is 50.2 Å². The Kier molecular flexibility index (Phi) is 5.31. The number of halogens is 1. The fourth-order valence-corrected chi connectivity index (χ4v) is 2.51. The van der Waals surface area contributed by atoms with Crippen molar-refractivity contribution >= 4 is 11.6 Å². The summed E-state index contributed by atoms with van der Waals surface area (Å²) < 4.78 is 24.2. The van der Waals surface area contributed by atoms with Crippen LogP contribution in [0.4, 0.5) is 10.1 Å². The highest BCUT2D eigenvalue weighted by Crippen LogP contribution is 2.25. The maximum absolute atomic E-state index is 13.0. The van der Waals surface area contributed by atoms with Gasteiger partial charge < -0.3 is 14.5 Å². The Bertz CT molecular complexity index is 904. The van der Waals surface area contributed by atoms with E-state index in [1.807, 2.05) is 19.1 Å². The van der Waals surface area contributed by atoms with Crippen LogP contribution in [0.3, 0.4) is 0 Å². The second-order valence-corrected chi connectivity index (χ2v) is 5.68. The first-order chi connectivity index (χ1) is 12.6. The van der Waals surface area contributed by atoms with Gasteiger partial charge in [0.2, 0.25) is 11.8 Å². The van der Waals surface area contributed by atoms with Crippen LogP contribution in [0, 0.1) is 12.7 Å². The molecule has 1 heterocycles. The van der Waals surface area contributed by atoms with E-state index in [-0.39, 0.29) is 18.1 Å². The van der Waals surface area contributed by atoms with E-state index in [2.05, 4.69) is 10.3 Å². The van der Waals surface area contributed by atoms with Gasteiger partial charge in [0.05, 0.1) is 24.4 Å². The SMILES string of the molecule is CCOc1ccccc1NC(=O)Cc1nc(-c2ccc(F)cc2)oc1C. The Labute approximate surface area is 150 Å². The van der Waals surface area contributed by atoms with Crippen molar-refractivity contribution < 1.29 is 18.3 Å². The molecule has 0 saturated heterocycles. The topological polar surface area (TPSA) is 64.4 Å². The number of benzene rings is 2. The zero-order chi connectivity index (χ0) is 18.5. The first kappa shape index (κ1) is 17.7. The lowest BCUT2D eigenvalue weighted by Gasteiger charge is -2.10. The fourth-order valence-electron chi connectivity index (χ4n) is 2.51. The van der Waals surface area contributed by atoms with Gasteiger partial charge in [0.25, 0.3) is 0 Å². The minimum Gasteiger partial charge on any atom is -0.492 e. The van der Waals surface area contributed by atoms with E-state index < -0.39 is 0 Å². The zero-order valence-corrected chi connectivity index (χ0v) is 14.6. The van der Waals surface area contributed by atoms with Crippen LogP contribution in [0.2, 0.25) is 0 Å². The molecule has 134 valence electrons. The number of carbonyl (C=O) groups is 1. The van der Waals surface area contributed by atoms with Gasteiger partial charge in [0.1, 0.15) is 17.3 Å². The van der Waals surface area contributed by atoms with Crippen molar-refractivity contribution in [2.75, 3.05) is 11.9 Å². The van der Waals surface area contributed by atoms with Crippen LogP contribution in [0.25, 0.3) is 11.5 Å². The highest BCUT2D eigenvalue weighted by Gasteiger charge is 2.16. The smallest absolute Gasteiger partial charge is 0.230 e. The zero-order valence-electron chi connectivity index (χ0n) is 14.6. The summed E-state index contributed by atoms with van der Waals surface area (Å²) in [6.07, 6.45) is 0.0665. The third-order valence-corrected chi connectivity index (χ3v) is 3.77. The van der Waals surface area contributed by atoms with Crippen LogP contribution in [-0.4, -0.2) is 17.5 Å². The summed E-state index contributed by atoms with van der Waals surface area (Å²) in [6, 6.07) is 13.1. The number of ether oxygens (including phenoxy) is 1. The van der Waals surface area contributed by atoms with Crippen molar-refractivity contribution in [2.45, 2.75) is 20.3 Å². The predicted molar refractivity (Wildman–Crippen MR) is 96.6 cm³/mol. The standard InChI is InChI=1S/C20H19FN2O3/c1-3-25-18-7-5-4-6-16(18)22-19(24)12-17-13(2)26-20(23-17)14-8-10-15(21)11-9-14/h4-11H,3,12H2,1-2H3,(H,22,24). The van der Waals surface area contributed by atoms with Crippen LogP contribution in [-0.2, 0) is 11.2 Å². The fraction of sp³-hybridized carbons (Fsp3) is 0.200. The molecule has 6 heteroatoms. The molecule has 2 aromatic carbocycles. The van der Waals surface area contributed by atoms with E-state index in [1.165, 1.54) is 12.1 Å². The third kappa shape index (κ3) is 4.08. The molecule has 1 amide bonds. The lowest BCUT2D eigenvalue weighted by atomic mass is 10.2. The molecular formula is C20H19FN2O3. The molecule has 0 aliphatic carbocycles. The molecule has 1 aromatic heterocycles. The Morgan fingerprint density at radius 1 is 1.19 bits per heavy atom. The van der Waals surface area contributed by atoms with Crippen LogP contribution in [0.1, 0.15) is 18.4 Å². The number of anilines is 1. The molecule has 0 aliphatic rings. The van der Waals surface area contributed by atoms with Gasteiger partial charge in [-0.3, -0.25) is 4.79 Å². The van der Waals surface area contributed by atoms with Gasteiger partial charge in [-0.25, -0.2) is 9.37 Å². The molecule has 0 spiro atoms. The van der Waals surface area contributed by atoms with Crippen molar-refractivity contribution in [2.24, 2.45) is 0 Å². The molecule has 0 bridgehead atoms. The van der Waals surface area contributed by atoms with Crippen molar-refractivity contribution in [3.63, 3.8) is 0 Å². The second kappa shape index (κ2) is 7.82. The monoisotopic (exact) mass is 354 g/mol. The van der Waals surface area contributed by atoms with Crippen LogP contribution in [0.5, 0.6) is 5.75 Å². The molecule has 0 fully saturated rings. The van der Waals surface area contributed by atoms with Crippen LogP contribution >= 0.6 is 0 Å². The van der Waals surface area contributed by atoms with Crippen molar-refractivity contribution in [3.8, 4) is 17.2 Å². The Morgan fingerprint density at radius 3 is 2.65 bits per heavy atom.